The van der Waals surface area contributed by atoms with Crippen LogP contribution in [0.1, 0.15) is 37.7 Å². The zero-order valence-electron chi connectivity index (χ0n) is 15.0. The maximum atomic E-state index is 13.1. The first-order valence-electron chi connectivity index (χ1n) is 9.32. The van der Waals surface area contributed by atoms with Crippen LogP contribution in [0.5, 0.6) is 0 Å². The number of nitrogens with zero attached hydrogens (tertiary/aromatic N) is 2. The zero-order valence-corrected chi connectivity index (χ0v) is 15.9. The zero-order chi connectivity index (χ0) is 18.8. The number of carbonyl (C=O) groups is 2. The van der Waals surface area contributed by atoms with Crippen LogP contribution in [0.3, 0.4) is 0 Å². The van der Waals surface area contributed by atoms with Gasteiger partial charge < -0.3 is 15.1 Å². The monoisotopic (exact) mass is 387 g/mol. The molecule has 142 valence electrons. The summed E-state index contributed by atoms with van der Waals surface area (Å²) in [5.74, 6) is -0.604. The summed E-state index contributed by atoms with van der Waals surface area (Å²) in [6.45, 7) is 4.34. The fourth-order valence-electron chi connectivity index (χ4n) is 3.65. The van der Waals surface area contributed by atoms with E-state index in [4.69, 9.17) is 0 Å². The highest BCUT2D eigenvalue weighted by Crippen LogP contribution is 2.36. The van der Waals surface area contributed by atoms with E-state index in [2.05, 4.69) is 10.2 Å². The van der Waals surface area contributed by atoms with E-state index in [1.165, 1.54) is 48.4 Å². The molecule has 2 aliphatic heterocycles. The Bertz CT molecular complexity index is 843. The third-order valence-electron chi connectivity index (χ3n) is 5.11. The molecule has 1 N–H and O–H groups in total. The Kier molecular flexibility index (Phi) is 5.22. The lowest BCUT2D eigenvalue weighted by Gasteiger charge is -2.16. The van der Waals surface area contributed by atoms with Gasteiger partial charge in [-0.15, -0.1) is 11.3 Å². The summed E-state index contributed by atoms with van der Waals surface area (Å²) in [6, 6.07) is 7.37. The highest BCUT2D eigenvalue weighted by molar-refractivity contribution is 7.14. The van der Waals surface area contributed by atoms with Gasteiger partial charge in [-0.1, -0.05) is 0 Å². The molecule has 2 aromatic rings. The van der Waals surface area contributed by atoms with Gasteiger partial charge in [-0.2, -0.15) is 0 Å². The second kappa shape index (κ2) is 7.78. The summed E-state index contributed by atoms with van der Waals surface area (Å²) >= 11 is 1.45. The Morgan fingerprint density at radius 1 is 1.11 bits per heavy atom. The number of hydrogen-bond donors (Lipinski definition) is 1. The largest absolute Gasteiger partial charge is 0.350 e. The van der Waals surface area contributed by atoms with Crippen molar-refractivity contribution in [3.8, 4) is 0 Å². The molecule has 0 saturated carbocycles. The Labute approximate surface area is 161 Å². The quantitative estimate of drug-likeness (QED) is 0.858. The molecular formula is C20H22FN3O2S. The molecular weight excluding hydrogens is 365 g/mol. The van der Waals surface area contributed by atoms with Crippen molar-refractivity contribution in [2.24, 2.45) is 0 Å². The van der Waals surface area contributed by atoms with Crippen LogP contribution in [0.2, 0.25) is 0 Å². The molecule has 7 heteroatoms. The lowest BCUT2D eigenvalue weighted by atomic mass is 10.2. The molecule has 1 fully saturated rings. The SMILES string of the molecule is O=C(NCCN1CCCC1)c1cc2c(s1)CCN2C(=O)c1ccc(F)cc1. The minimum absolute atomic E-state index is 0.0808. The number of thiophene rings is 1. The van der Waals surface area contributed by atoms with E-state index in [9.17, 15) is 14.0 Å². The summed E-state index contributed by atoms with van der Waals surface area (Å²) < 4.78 is 13.1. The van der Waals surface area contributed by atoms with Gasteiger partial charge in [-0.05, 0) is 56.3 Å². The molecule has 1 aromatic carbocycles. The number of carbonyl (C=O) groups excluding carboxylic acids is 2. The molecule has 5 nitrogen and oxygen atoms in total. The molecule has 0 radical (unpaired) electrons. The Morgan fingerprint density at radius 3 is 2.59 bits per heavy atom. The number of amides is 2. The summed E-state index contributed by atoms with van der Waals surface area (Å²) in [5.41, 5.74) is 1.26. The molecule has 27 heavy (non-hydrogen) atoms. The first kappa shape index (κ1) is 18.1. The van der Waals surface area contributed by atoms with Crippen molar-refractivity contribution in [1.82, 2.24) is 10.2 Å². The van der Waals surface area contributed by atoms with E-state index < -0.39 is 0 Å². The second-order valence-electron chi connectivity index (χ2n) is 6.94. The van der Waals surface area contributed by atoms with Crippen LogP contribution in [0.4, 0.5) is 10.1 Å². The van der Waals surface area contributed by atoms with Crippen LogP contribution in [-0.2, 0) is 6.42 Å². The molecule has 1 aromatic heterocycles. The van der Waals surface area contributed by atoms with Gasteiger partial charge in [0, 0.05) is 36.5 Å². The number of rotatable bonds is 5. The average molecular weight is 387 g/mol. The number of likely N-dealkylation sites (tertiary alicyclic amines) is 1. The first-order chi connectivity index (χ1) is 13.1. The molecule has 0 spiro atoms. The molecule has 0 unspecified atom stereocenters. The summed E-state index contributed by atoms with van der Waals surface area (Å²) in [7, 11) is 0. The van der Waals surface area contributed by atoms with Crippen LogP contribution in [0.15, 0.2) is 30.3 Å². The number of nitrogens with one attached hydrogen (secondary N) is 1. The smallest absolute Gasteiger partial charge is 0.261 e. The van der Waals surface area contributed by atoms with Crippen molar-refractivity contribution < 1.29 is 14.0 Å². The summed E-state index contributed by atoms with van der Waals surface area (Å²) in [5, 5.41) is 2.98. The number of anilines is 1. The van der Waals surface area contributed by atoms with E-state index in [1.807, 2.05) is 0 Å². The third kappa shape index (κ3) is 3.89. The maximum absolute atomic E-state index is 13.1. The van der Waals surface area contributed by atoms with Crippen molar-refractivity contribution >= 4 is 28.8 Å². The van der Waals surface area contributed by atoms with E-state index in [0.717, 1.165) is 36.6 Å². The third-order valence-corrected chi connectivity index (χ3v) is 6.30. The predicted molar refractivity (Wildman–Crippen MR) is 104 cm³/mol. The van der Waals surface area contributed by atoms with Gasteiger partial charge in [0.2, 0.25) is 0 Å². The van der Waals surface area contributed by atoms with Crippen molar-refractivity contribution in [3.63, 3.8) is 0 Å². The van der Waals surface area contributed by atoms with Gasteiger partial charge >= 0.3 is 0 Å². The second-order valence-corrected chi connectivity index (χ2v) is 8.07. The molecule has 2 amide bonds. The minimum Gasteiger partial charge on any atom is -0.350 e. The highest BCUT2D eigenvalue weighted by atomic mass is 32.1. The number of fused-ring (bicyclic) bond motifs is 1. The fourth-order valence-corrected chi connectivity index (χ4v) is 4.72. The summed E-state index contributed by atoms with van der Waals surface area (Å²) in [6.07, 6.45) is 3.22. The highest BCUT2D eigenvalue weighted by Gasteiger charge is 2.29. The van der Waals surface area contributed by atoms with E-state index >= 15 is 0 Å². The van der Waals surface area contributed by atoms with Crippen LogP contribution >= 0.6 is 11.3 Å². The van der Waals surface area contributed by atoms with Crippen molar-refractivity contribution in [3.05, 3.63) is 51.5 Å². The van der Waals surface area contributed by atoms with Gasteiger partial charge in [0.25, 0.3) is 11.8 Å². The predicted octanol–water partition coefficient (Wildman–Crippen LogP) is 2.92. The molecule has 2 aliphatic rings. The van der Waals surface area contributed by atoms with E-state index in [-0.39, 0.29) is 17.6 Å². The van der Waals surface area contributed by atoms with Gasteiger partial charge in [0.05, 0.1) is 10.6 Å². The van der Waals surface area contributed by atoms with Crippen LogP contribution in [0, 0.1) is 5.82 Å². The molecule has 3 heterocycles. The molecule has 0 bridgehead atoms. The number of hydrogen-bond acceptors (Lipinski definition) is 4. The molecule has 0 atom stereocenters. The lowest BCUT2D eigenvalue weighted by molar-refractivity contribution is 0.0951. The van der Waals surface area contributed by atoms with Gasteiger partial charge in [0.15, 0.2) is 0 Å². The Morgan fingerprint density at radius 2 is 1.85 bits per heavy atom. The van der Waals surface area contributed by atoms with E-state index in [0.29, 0.717) is 23.5 Å². The topological polar surface area (TPSA) is 52.7 Å². The lowest BCUT2D eigenvalue weighted by Crippen LogP contribution is -2.33. The fraction of sp³-hybridized carbons (Fsp3) is 0.400. The standard InChI is InChI=1S/C20H22FN3O2S/c21-15-5-3-14(4-6-15)20(26)24-11-7-17-16(24)13-18(27-17)19(25)22-8-12-23-9-1-2-10-23/h3-6,13H,1-2,7-12H2,(H,22,25). The average Bonchev–Trinajstić information content (AvgIpc) is 3.38. The number of halogens is 1. The summed E-state index contributed by atoms with van der Waals surface area (Å²) in [4.78, 5) is 30.9. The molecule has 0 aliphatic carbocycles. The van der Waals surface area contributed by atoms with Crippen molar-refractivity contribution in [1.29, 1.82) is 0 Å². The Balaban J connectivity index is 1.40. The maximum Gasteiger partial charge on any atom is 0.261 e. The van der Waals surface area contributed by atoms with Crippen molar-refractivity contribution in [2.45, 2.75) is 19.3 Å². The van der Waals surface area contributed by atoms with Gasteiger partial charge in [-0.3, -0.25) is 9.59 Å². The normalized spacial score (nSPS) is 16.6. The Hall–Kier alpha value is -2.25. The van der Waals surface area contributed by atoms with E-state index in [1.54, 1.807) is 11.0 Å². The van der Waals surface area contributed by atoms with Crippen LogP contribution in [-0.4, -0.2) is 49.4 Å². The van der Waals surface area contributed by atoms with Crippen molar-refractivity contribution in [2.75, 3.05) is 37.6 Å². The number of benzene rings is 1. The van der Waals surface area contributed by atoms with Crippen LogP contribution in [0.25, 0.3) is 0 Å². The molecule has 4 rings (SSSR count). The van der Waals surface area contributed by atoms with Gasteiger partial charge in [0.1, 0.15) is 5.82 Å². The van der Waals surface area contributed by atoms with Gasteiger partial charge in [-0.25, -0.2) is 4.39 Å². The van der Waals surface area contributed by atoms with Crippen LogP contribution < -0.4 is 10.2 Å². The first-order valence-corrected chi connectivity index (χ1v) is 10.1. The molecule has 1 saturated heterocycles. The minimum atomic E-state index is -0.364.